The minimum atomic E-state index is -4.21. The Morgan fingerprint density at radius 2 is 0.692 bits per heavy atom. The first-order valence-corrected chi connectivity index (χ1v) is 45.0. The maximum atomic E-state index is 12.8. The maximum absolute atomic E-state index is 12.8. The van der Waals surface area contributed by atoms with E-state index in [1.54, 1.807) is 24.3 Å². The minimum absolute atomic E-state index is 0.193. The number of rotatable bonds is 13. The molecule has 0 bridgehead atoms. The molecule has 9 aliphatic heterocycles. The number of thioether (sulfide) groups is 1. The van der Waals surface area contributed by atoms with Crippen LogP contribution in [0.3, 0.4) is 0 Å². The number of hydrogen-bond acceptors (Lipinski definition) is 22. The lowest BCUT2D eigenvalue weighted by Gasteiger charge is -2.40. The lowest BCUT2D eigenvalue weighted by molar-refractivity contribution is -0.127. The van der Waals surface area contributed by atoms with Crippen molar-refractivity contribution in [1.29, 1.82) is 0 Å². The van der Waals surface area contributed by atoms with Crippen molar-refractivity contribution < 1.29 is 52.7 Å². The van der Waals surface area contributed by atoms with Crippen molar-refractivity contribution in [2.45, 2.75) is 186 Å². The summed E-state index contributed by atoms with van der Waals surface area (Å²) in [6, 6.07) is 17.7. The summed E-state index contributed by atoms with van der Waals surface area (Å²) in [5, 5.41) is 4.20. The number of benzene rings is 1. The third-order valence-corrected chi connectivity index (χ3v) is 30.6. The van der Waals surface area contributed by atoms with E-state index in [2.05, 4.69) is 145 Å². The van der Waals surface area contributed by atoms with Crippen molar-refractivity contribution in [2.24, 2.45) is 32.6 Å². The number of fused-ring (bicyclic) bond motifs is 4. The Kier molecular flexibility index (Phi) is 25.1. The first-order chi connectivity index (χ1) is 55.5. The van der Waals surface area contributed by atoms with Gasteiger partial charge in [0.15, 0.2) is 5.17 Å². The molecule has 17 nitrogen and oxygen atoms in total. The molecule has 0 amide bonds. The second-order valence-corrected chi connectivity index (χ2v) is 41.5. The summed E-state index contributed by atoms with van der Waals surface area (Å²) in [6.07, 6.45) is -0.879. The number of halogens is 12. The lowest BCUT2D eigenvalue weighted by atomic mass is 9.77. The quantitative estimate of drug-likeness (QED) is 0.101. The molecule has 17 heterocycles. The van der Waals surface area contributed by atoms with Crippen LogP contribution < -0.4 is 19.6 Å². The van der Waals surface area contributed by atoms with Gasteiger partial charge in [-0.1, -0.05) is 55.9 Å². The van der Waals surface area contributed by atoms with Crippen LogP contribution in [0, 0.1) is 27.6 Å². The summed E-state index contributed by atoms with van der Waals surface area (Å²) in [5.74, 6) is 3.83. The number of alkyl halides is 12. The van der Waals surface area contributed by atoms with Gasteiger partial charge in [0, 0.05) is 128 Å². The zero-order chi connectivity index (χ0) is 82.5. The molecule has 0 N–H and O–H groups in total. The second-order valence-electron chi connectivity index (χ2n) is 35.4. The number of piperidine rings is 4. The molecule has 8 saturated heterocycles. The zero-order valence-electron chi connectivity index (χ0n) is 67.1. The van der Waals surface area contributed by atoms with Gasteiger partial charge >= 0.3 is 24.7 Å². The van der Waals surface area contributed by atoms with Gasteiger partial charge in [0.2, 0.25) is 0 Å². The smallest absolute Gasteiger partial charge is 0.356 e. The van der Waals surface area contributed by atoms with Gasteiger partial charge in [-0.25, -0.2) is 39.9 Å². The fraction of sp³-hybridized carbons (Fsp3) is 0.627. The van der Waals surface area contributed by atoms with Crippen molar-refractivity contribution in [3.63, 3.8) is 0 Å². The Morgan fingerprint density at radius 1 is 0.376 bits per heavy atom. The van der Waals surface area contributed by atoms with Crippen molar-refractivity contribution in [3.05, 3.63) is 105 Å². The predicted molar refractivity (Wildman–Crippen MR) is 448 cm³/mol. The number of hydrogen-bond donors (Lipinski definition) is 0. The van der Waals surface area contributed by atoms with E-state index in [0.717, 1.165) is 246 Å². The highest BCUT2D eigenvalue weighted by Gasteiger charge is 2.47. The fourth-order valence-corrected chi connectivity index (χ4v) is 24.2. The molecule has 34 heteroatoms. The Bertz CT molecular complexity index is 4890. The SMILES string of the molecule is CC(C)CN1CCC2(CCN(c3ncnc4sc(CC(F)(F)F)cc34)CC2)C1.CC(C)N1CCC2(CCN(c3ncnc4sc(CC(F)(F)F)cc34)CC2)C1.CC1(C)CN=C(N2CCC3(CCN(c4ncnc5sc(CC(F)(F)F)cc45)CC3)C2)S1.FC(F)(F)Cc1cc2c(N3CCC4(CCN(Cc5ccccc5)C4)CC3)ncnc2s1. The van der Waals surface area contributed by atoms with Gasteiger partial charge < -0.3 is 34.3 Å². The number of thiophene rings is 4. The van der Waals surface area contributed by atoms with E-state index < -0.39 is 50.4 Å². The lowest BCUT2D eigenvalue weighted by Crippen LogP contribution is -2.42. The normalized spacial score (nSPS) is 21.1. The molecular formula is C83H103F12N17S5. The molecule has 0 aliphatic carbocycles. The van der Waals surface area contributed by atoms with Crippen molar-refractivity contribution in [1.82, 2.24) is 59.5 Å². The van der Waals surface area contributed by atoms with E-state index >= 15 is 0 Å². The minimum Gasteiger partial charge on any atom is -0.356 e. The molecule has 8 aromatic heterocycles. The van der Waals surface area contributed by atoms with Gasteiger partial charge in [0.05, 0.1) is 53.8 Å². The summed E-state index contributed by atoms with van der Waals surface area (Å²) < 4.78 is 154. The zero-order valence-corrected chi connectivity index (χ0v) is 71.2. The number of likely N-dealkylation sites (tertiary alicyclic amines) is 4. The van der Waals surface area contributed by atoms with Crippen LogP contribution in [0.1, 0.15) is 144 Å². The Morgan fingerprint density at radius 3 is 1.02 bits per heavy atom. The van der Waals surface area contributed by atoms with Crippen LogP contribution in [-0.4, -0.2) is 218 Å². The van der Waals surface area contributed by atoms with Crippen LogP contribution in [0.2, 0.25) is 0 Å². The first-order valence-electron chi connectivity index (χ1n) is 40.9. The molecule has 1 aromatic carbocycles. The molecule has 0 saturated carbocycles. The number of aliphatic imine (C=N–C) groups is 1. The van der Waals surface area contributed by atoms with Gasteiger partial charge in [-0.2, -0.15) is 52.7 Å². The van der Waals surface area contributed by atoms with Gasteiger partial charge in [-0.3, -0.25) is 9.89 Å². The first kappa shape index (κ1) is 85.4. The van der Waals surface area contributed by atoms with Crippen LogP contribution in [0.25, 0.3) is 40.9 Å². The monoisotopic (exact) mass is 1730 g/mol. The highest BCUT2D eigenvalue weighted by Crippen LogP contribution is 2.50. The average Bonchev–Trinajstić information content (AvgIpc) is 1.67. The Labute approximate surface area is 695 Å². The van der Waals surface area contributed by atoms with E-state index in [0.29, 0.717) is 72.4 Å². The van der Waals surface area contributed by atoms with Crippen LogP contribution in [-0.2, 0) is 32.2 Å². The third-order valence-electron chi connectivity index (χ3n) is 25.2. The van der Waals surface area contributed by atoms with Crippen molar-refractivity contribution in [2.75, 3.05) is 137 Å². The Hall–Kier alpha value is -6.56. The molecule has 8 fully saturated rings. The third kappa shape index (κ3) is 21.1. The number of amidine groups is 1. The van der Waals surface area contributed by atoms with E-state index in [9.17, 15) is 52.7 Å². The molecule has 634 valence electrons. The second kappa shape index (κ2) is 34.4. The molecule has 117 heavy (non-hydrogen) atoms. The molecule has 9 aromatic rings. The molecule has 0 radical (unpaired) electrons. The van der Waals surface area contributed by atoms with Crippen molar-refractivity contribution >= 4 is 126 Å². The molecule has 18 rings (SSSR count). The molecule has 9 aliphatic rings. The van der Waals surface area contributed by atoms with Gasteiger partial charge in [-0.05, 0) is 182 Å². The number of anilines is 4. The standard InChI is InChI=1S/C23H25F3N4S.C21H26F3N5S2.C20H27F3N4S.C19H25F3N4S/c24-23(25,26)13-18-12-19-20(27-16-28-21(19)31-18)30-10-7-22(8-11-30)6-9-29(15-22)14-17-4-2-1-3-5-17;1-19(2)11-25-18(31-19)29-8-5-20(12-29)3-6-28(7-4-20)16-15-9-14(10-21(22,23)24)30-17(15)27-13-26-16;1-14(2)11-26-6-3-19(12-26)4-7-27(8-5-19)17-16-9-15(10-20(21,22)23)28-18(16)25-13-24-17;1-13(2)26-8-5-18(11-26)3-6-25(7-4-18)16-15-9-14(10-19(20,21)22)27-17(15)24-12-23-16/h1-5,12,16H,6-11,13-15H2;9,13H,3-8,10-12H2,1-2H3;9,13-14H,3-8,10-12H2,1-2H3;9,12-13H,3-8,10-11H2,1-2H3. The predicted octanol–water partition coefficient (Wildman–Crippen LogP) is 19.5. The highest BCUT2D eigenvalue weighted by atomic mass is 32.2. The van der Waals surface area contributed by atoms with Crippen LogP contribution in [0.4, 0.5) is 76.0 Å². The van der Waals surface area contributed by atoms with E-state index in [1.807, 2.05) is 17.8 Å². The van der Waals surface area contributed by atoms with Crippen molar-refractivity contribution in [3.8, 4) is 0 Å². The van der Waals surface area contributed by atoms with Gasteiger partial charge in [0.1, 0.15) is 67.9 Å². The largest absolute Gasteiger partial charge is 0.393 e. The number of aromatic nitrogens is 8. The van der Waals surface area contributed by atoms with Crippen LogP contribution >= 0.6 is 57.1 Å². The Balaban J connectivity index is 0.000000122. The molecule has 0 atom stereocenters. The highest BCUT2D eigenvalue weighted by molar-refractivity contribution is 8.15. The van der Waals surface area contributed by atoms with E-state index in [1.165, 1.54) is 81.4 Å². The maximum Gasteiger partial charge on any atom is 0.393 e. The number of nitrogens with zero attached hydrogens (tertiary/aromatic N) is 17. The van der Waals surface area contributed by atoms with Gasteiger partial charge in [-0.15, -0.1) is 45.3 Å². The summed E-state index contributed by atoms with van der Waals surface area (Å²) in [4.78, 5) is 62.2. The van der Waals surface area contributed by atoms with Gasteiger partial charge in [0.25, 0.3) is 0 Å². The summed E-state index contributed by atoms with van der Waals surface area (Å²) >= 11 is 6.36. The summed E-state index contributed by atoms with van der Waals surface area (Å²) in [5.41, 5.74) is 2.78. The summed E-state index contributed by atoms with van der Waals surface area (Å²) in [7, 11) is 0. The molecular weight excluding hydrogens is 1620 g/mol. The van der Waals surface area contributed by atoms with E-state index in [4.69, 9.17) is 4.99 Å². The van der Waals surface area contributed by atoms with Crippen LogP contribution in [0.15, 0.2) is 84.9 Å². The molecule has 4 spiro atoms. The fourth-order valence-electron chi connectivity index (χ4n) is 19.1. The average molecular weight is 1730 g/mol. The summed E-state index contributed by atoms with van der Waals surface area (Å²) in [6.45, 7) is 32.7. The molecule has 0 unspecified atom stereocenters. The topological polar surface area (TPSA) is 141 Å². The van der Waals surface area contributed by atoms with Crippen LogP contribution in [0.5, 0.6) is 0 Å². The van der Waals surface area contributed by atoms with E-state index in [-0.39, 0.29) is 4.75 Å².